The molecule has 0 amide bonds. The van der Waals surface area contributed by atoms with Crippen molar-refractivity contribution in [3.8, 4) is 0 Å². The molecule has 20 heavy (non-hydrogen) atoms. The number of hydrogen-bond donors (Lipinski definition) is 1. The predicted molar refractivity (Wildman–Crippen MR) is 79.8 cm³/mol. The van der Waals surface area contributed by atoms with Gasteiger partial charge in [-0.1, -0.05) is 0 Å². The number of carbonyl (C=O) groups is 1. The number of likely N-dealkylation sites (N-methyl/N-ethyl adjacent to an activating group) is 1. The minimum Gasteiger partial charge on any atom is -0.468 e. The van der Waals surface area contributed by atoms with E-state index in [4.69, 9.17) is 9.47 Å². The average Bonchev–Trinajstić information content (AvgIpc) is 2.46. The quantitative estimate of drug-likeness (QED) is 0.717. The van der Waals surface area contributed by atoms with Gasteiger partial charge in [-0.05, 0) is 59.7 Å². The number of ether oxygens (including phenoxy) is 2. The van der Waals surface area contributed by atoms with Crippen LogP contribution in [0.25, 0.3) is 0 Å². The number of rotatable bonds is 7. The Bertz CT molecular complexity index is 324. The maximum Gasteiger partial charge on any atom is 0.325 e. The number of nitrogens with one attached hydrogen (secondary N) is 1. The third kappa shape index (κ3) is 4.43. The Morgan fingerprint density at radius 3 is 2.70 bits per heavy atom. The molecule has 1 saturated heterocycles. The average molecular weight is 286 g/mol. The zero-order valence-electron chi connectivity index (χ0n) is 13.6. The first-order valence-corrected chi connectivity index (χ1v) is 7.44. The van der Waals surface area contributed by atoms with Crippen molar-refractivity contribution < 1.29 is 14.3 Å². The molecule has 2 atom stereocenters. The van der Waals surface area contributed by atoms with Gasteiger partial charge in [0, 0.05) is 13.7 Å². The van der Waals surface area contributed by atoms with Gasteiger partial charge < -0.3 is 19.7 Å². The summed E-state index contributed by atoms with van der Waals surface area (Å²) >= 11 is 0. The van der Waals surface area contributed by atoms with E-state index in [0.717, 1.165) is 38.9 Å². The van der Waals surface area contributed by atoms with Gasteiger partial charge >= 0.3 is 5.97 Å². The molecular weight excluding hydrogens is 256 g/mol. The maximum atomic E-state index is 11.8. The lowest BCUT2D eigenvalue weighted by atomic mass is 9.93. The minimum absolute atomic E-state index is 0.0209. The molecule has 118 valence electrons. The Kier molecular flexibility index (Phi) is 6.43. The lowest BCUT2D eigenvalue weighted by molar-refractivity contribution is -0.148. The maximum absolute atomic E-state index is 11.8. The summed E-state index contributed by atoms with van der Waals surface area (Å²) in [7, 11) is 5.03. The predicted octanol–water partition coefficient (Wildman–Crippen LogP) is 1.42. The van der Waals surface area contributed by atoms with Crippen LogP contribution in [0.5, 0.6) is 0 Å². The number of hydrogen-bond acceptors (Lipinski definition) is 5. The third-order valence-corrected chi connectivity index (χ3v) is 4.57. The fourth-order valence-corrected chi connectivity index (χ4v) is 2.88. The monoisotopic (exact) mass is 286 g/mol. The normalized spacial score (nSPS) is 27.1. The van der Waals surface area contributed by atoms with Crippen molar-refractivity contribution in [2.24, 2.45) is 0 Å². The van der Waals surface area contributed by atoms with E-state index in [9.17, 15) is 4.79 Å². The van der Waals surface area contributed by atoms with Crippen LogP contribution in [0.15, 0.2) is 0 Å². The van der Waals surface area contributed by atoms with E-state index in [1.54, 1.807) is 14.2 Å². The molecule has 1 heterocycles. The molecule has 1 rings (SSSR count). The Hall–Kier alpha value is -0.650. The zero-order valence-corrected chi connectivity index (χ0v) is 13.6. The van der Waals surface area contributed by atoms with Crippen LogP contribution in [-0.4, -0.2) is 62.9 Å². The van der Waals surface area contributed by atoms with Gasteiger partial charge in [-0.2, -0.15) is 0 Å². The van der Waals surface area contributed by atoms with E-state index >= 15 is 0 Å². The summed E-state index contributed by atoms with van der Waals surface area (Å²) in [6, 6.07) is 0. The molecule has 1 fully saturated rings. The first kappa shape index (κ1) is 17.4. The van der Waals surface area contributed by atoms with E-state index in [2.05, 4.69) is 17.1 Å². The SMILES string of the molecule is CNC(C)(CCCN1CCCC(C)(OC)C1)C(=O)OC. The Morgan fingerprint density at radius 1 is 1.45 bits per heavy atom. The molecule has 1 aliphatic rings. The van der Waals surface area contributed by atoms with Crippen molar-refractivity contribution >= 4 is 5.97 Å². The third-order valence-electron chi connectivity index (χ3n) is 4.57. The molecule has 0 aromatic rings. The second-order valence-electron chi connectivity index (χ2n) is 6.21. The summed E-state index contributed by atoms with van der Waals surface area (Å²) in [5.74, 6) is -0.194. The van der Waals surface area contributed by atoms with Gasteiger partial charge in [-0.15, -0.1) is 0 Å². The van der Waals surface area contributed by atoms with Gasteiger partial charge in [0.15, 0.2) is 0 Å². The Labute approximate surface area is 123 Å². The second-order valence-corrected chi connectivity index (χ2v) is 6.21. The number of nitrogens with zero attached hydrogens (tertiary/aromatic N) is 1. The van der Waals surface area contributed by atoms with E-state index in [1.165, 1.54) is 13.5 Å². The molecule has 5 nitrogen and oxygen atoms in total. The van der Waals surface area contributed by atoms with Crippen molar-refractivity contribution in [2.75, 3.05) is 40.9 Å². The van der Waals surface area contributed by atoms with E-state index in [0.29, 0.717) is 0 Å². The van der Waals surface area contributed by atoms with Gasteiger partial charge in [0.2, 0.25) is 0 Å². The van der Waals surface area contributed by atoms with E-state index in [1.807, 2.05) is 6.92 Å². The molecule has 1 aliphatic heterocycles. The van der Waals surface area contributed by atoms with Crippen molar-refractivity contribution in [1.29, 1.82) is 0 Å². The summed E-state index contributed by atoms with van der Waals surface area (Å²) in [4.78, 5) is 14.2. The fraction of sp³-hybridized carbons (Fsp3) is 0.933. The fourth-order valence-electron chi connectivity index (χ4n) is 2.88. The largest absolute Gasteiger partial charge is 0.468 e. The van der Waals surface area contributed by atoms with Crippen molar-refractivity contribution in [3.05, 3.63) is 0 Å². The highest BCUT2D eigenvalue weighted by molar-refractivity contribution is 5.80. The highest BCUT2D eigenvalue weighted by Gasteiger charge is 2.33. The Balaban J connectivity index is 2.41. The summed E-state index contributed by atoms with van der Waals surface area (Å²) in [5, 5.41) is 3.08. The first-order chi connectivity index (χ1) is 9.39. The Morgan fingerprint density at radius 2 is 2.15 bits per heavy atom. The summed E-state index contributed by atoms with van der Waals surface area (Å²) in [5.41, 5.74) is -0.609. The van der Waals surface area contributed by atoms with Crippen LogP contribution in [-0.2, 0) is 14.3 Å². The van der Waals surface area contributed by atoms with Gasteiger partial charge in [0.25, 0.3) is 0 Å². The van der Waals surface area contributed by atoms with Crippen molar-refractivity contribution in [2.45, 2.75) is 50.7 Å². The summed E-state index contributed by atoms with van der Waals surface area (Å²) < 4.78 is 10.5. The highest BCUT2D eigenvalue weighted by Crippen LogP contribution is 2.24. The van der Waals surface area contributed by atoms with E-state index in [-0.39, 0.29) is 11.6 Å². The molecule has 0 aromatic carbocycles. The smallest absolute Gasteiger partial charge is 0.325 e. The van der Waals surface area contributed by atoms with Crippen LogP contribution in [0.3, 0.4) is 0 Å². The van der Waals surface area contributed by atoms with Crippen LogP contribution in [0.1, 0.15) is 39.5 Å². The molecule has 0 saturated carbocycles. The second kappa shape index (κ2) is 7.38. The topological polar surface area (TPSA) is 50.8 Å². The first-order valence-electron chi connectivity index (χ1n) is 7.44. The lowest BCUT2D eigenvalue weighted by Gasteiger charge is -2.39. The molecule has 0 spiro atoms. The molecule has 5 heteroatoms. The standard InChI is InChI=1S/C15H30N2O3/c1-14(20-5)8-6-10-17(12-14)11-7-9-15(2,16-3)13(18)19-4/h16H,6-12H2,1-5H3. The summed E-state index contributed by atoms with van der Waals surface area (Å²) in [6.07, 6.45) is 4.03. The number of methoxy groups -OCH3 is 2. The van der Waals surface area contributed by atoms with E-state index < -0.39 is 5.54 Å². The van der Waals surface area contributed by atoms with Crippen molar-refractivity contribution in [1.82, 2.24) is 10.2 Å². The number of piperidine rings is 1. The van der Waals surface area contributed by atoms with Gasteiger partial charge in [-0.25, -0.2) is 0 Å². The number of esters is 1. The number of likely N-dealkylation sites (tertiary alicyclic amines) is 1. The molecule has 2 unspecified atom stereocenters. The molecule has 0 radical (unpaired) electrons. The molecule has 0 aromatic heterocycles. The van der Waals surface area contributed by atoms with Gasteiger partial charge in [0.05, 0.1) is 12.7 Å². The molecule has 1 N–H and O–H groups in total. The molecule has 0 aliphatic carbocycles. The van der Waals surface area contributed by atoms with Crippen LogP contribution < -0.4 is 5.32 Å². The van der Waals surface area contributed by atoms with Gasteiger partial charge in [-0.3, -0.25) is 4.79 Å². The van der Waals surface area contributed by atoms with Crippen LogP contribution in [0.4, 0.5) is 0 Å². The highest BCUT2D eigenvalue weighted by atomic mass is 16.5. The van der Waals surface area contributed by atoms with Crippen molar-refractivity contribution in [3.63, 3.8) is 0 Å². The van der Waals surface area contributed by atoms with Crippen LogP contribution in [0, 0.1) is 0 Å². The number of carbonyl (C=O) groups excluding carboxylic acids is 1. The molecule has 0 bridgehead atoms. The summed E-state index contributed by atoms with van der Waals surface area (Å²) in [6.45, 7) is 7.15. The van der Waals surface area contributed by atoms with Crippen LogP contribution >= 0.6 is 0 Å². The van der Waals surface area contributed by atoms with Gasteiger partial charge in [0.1, 0.15) is 5.54 Å². The molecular formula is C15H30N2O3. The lowest BCUT2D eigenvalue weighted by Crippen LogP contribution is -2.50. The zero-order chi connectivity index (χ0) is 15.2. The van der Waals surface area contributed by atoms with Crippen LogP contribution in [0.2, 0.25) is 0 Å². The minimum atomic E-state index is -0.588.